The highest BCUT2D eigenvalue weighted by Crippen LogP contribution is 2.32. The molecule has 0 saturated heterocycles. The van der Waals surface area contributed by atoms with E-state index in [4.69, 9.17) is 0 Å². The van der Waals surface area contributed by atoms with Gasteiger partial charge >= 0.3 is 6.18 Å². The van der Waals surface area contributed by atoms with E-state index in [1.54, 1.807) is 42.9 Å². The molecule has 6 nitrogen and oxygen atoms in total. The smallest absolute Gasteiger partial charge is 0.253 e. The Morgan fingerprint density at radius 3 is 2.29 bits per heavy atom. The molecule has 28 heavy (non-hydrogen) atoms. The molecule has 0 bridgehead atoms. The molecule has 0 amide bonds. The zero-order valence-corrected chi connectivity index (χ0v) is 14.2. The van der Waals surface area contributed by atoms with Gasteiger partial charge in [-0.2, -0.15) is 13.2 Å². The van der Waals surface area contributed by atoms with E-state index < -0.39 is 11.9 Å². The van der Waals surface area contributed by atoms with E-state index in [9.17, 15) is 13.2 Å². The third kappa shape index (κ3) is 3.54. The topological polar surface area (TPSA) is 77.3 Å². The number of hydrogen-bond acceptors (Lipinski definition) is 6. The summed E-state index contributed by atoms with van der Waals surface area (Å²) in [5, 5.41) is 0. The summed E-state index contributed by atoms with van der Waals surface area (Å²) in [5.74, 6) is 0.341. The summed E-state index contributed by atoms with van der Waals surface area (Å²) in [6.45, 7) is 0. The predicted octanol–water partition coefficient (Wildman–Crippen LogP) is 4.08. The molecule has 9 heteroatoms. The minimum Gasteiger partial charge on any atom is -0.253 e. The zero-order chi connectivity index (χ0) is 19.6. The van der Waals surface area contributed by atoms with Crippen LogP contribution in [-0.4, -0.2) is 29.9 Å². The Kier molecular flexibility index (Phi) is 4.48. The Labute approximate surface area is 157 Å². The Morgan fingerprint density at radius 1 is 0.750 bits per heavy atom. The molecule has 4 rings (SSSR count). The summed E-state index contributed by atoms with van der Waals surface area (Å²) in [6.07, 6.45) is 2.72. The summed E-state index contributed by atoms with van der Waals surface area (Å²) in [4.78, 5) is 24.7. The van der Waals surface area contributed by atoms with Crippen molar-refractivity contribution in [3.05, 3.63) is 73.2 Å². The molecule has 0 aliphatic carbocycles. The maximum Gasteiger partial charge on any atom is 0.433 e. The van der Waals surface area contributed by atoms with Crippen LogP contribution in [0.5, 0.6) is 0 Å². The number of nitrogens with zero attached hydrogens (tertiary/aromatic N) is 6. The fourth-order valence-electron chi connectivity index (χ4n) is 2.56. The molecule has 0 spiro atoms. The van der Waals surface area contributed by atoms with Crippen LogP contribution in [0.4, 0.5) is 13.2 Å². The number of alkyl halides is 3. The van der Waals surface area contributed by atoms with Gasteiger partial charge in [-0.15, -0.1) is 0 Å². The summed E-state index contributed by atoms with van der Waals surface area (Å²) in [6, 6.07) is 9.21. The van der Waals surface area contributed by atoms with Crippen molar-refractivity contribution >= 4 is 0 Å². The van der Waals surface area contributed by atoms with Crippen LogP contribution in [0.25, 0.3) is 34.0 Å². The SMILES string of the molecule is FC(F)(F)c1ccc(-c2nc(-c3ccccn3)ncc2-c2ccncn2)cn1. The van der Waals surface area contributed by atoms with Gasteiger partial charge in [0.1, 0.15) is 17.7 Å². The van der Waals surface area contributed by atoms with Crippen molar-refractivity contribution in [2.45, 2.75) is 6.18 Å². The first kappa shape index (κ1) is 17.7. The average molecular weight is 380 g/mol. The molecule has 0 radical (unpaired) electrons. The highest BCUT2D eigenvalue weighted by Gasteiger charge is 2.32. The van der Waals surface area contributed by atoms with Gasteiger partial charge in [0, 0.05) is 35.9 Å². The lowest BCUT2D eigenvalue weighted by atomic mass is 10.1. The van der Waals surface area contributed by atoms with Gasteiger partial charge in [-0.3, -0.25) is 9.97 Å². The highest BCUT2D eigenvalue weighted by atomic mass is 19.4. The van der Waals surface area contributed by atoms with Crippen LogP contribution in [-0.2, 0) is 6.18 Å². The largest absolute Gasteiger partial charge is 0.433 e. The molecule has 0 N–H and O–H groups in total. The average Bonchev–Trinajstić information content (AvgIpc) is 2.74. The summed E-state index contributed by atoms with van der Waals surface area (Å²) < 4.78 is 38.5. The Balaban J connectivity index is 1.87. The predicted molar refractivity (Wildman–Crippen MR) is 94.5 cm³/mol. The first-order chi connectivity index (χ1) is 13.5. The van der Waals surface area contributed by atoms with E-state index in [0.717, 1.165) is 12.3 Å². The van der Waals surface area contributed by atoms with Crippen molar-refractivity contribution in [1.82, 2.24) is 29.9 Å². The lowest BCUT2D eigenvalue weighted by Gasteiger charge is -2.11. The van der Waals surface area contributed by atoms with Gasteiger partial charge in [-0.1, -0.05) is 6.07 Å². The van der Waals surface area contributed by atoms with Crippen molar-refractivity contribution in [3.63, 3.8) is 0 Å². The molecule has 0 aromatic carbocycles. The molecule has 4 aromatic heterocycles. The van der Waals surface area contributed by atoms with Gasteiger partial charge < -0.3 is 0 Å². The van der Waals surface area contributed by atoms with Gasteiger partial charge in [-0.05, 0) is 30.3 Å². The Hall–Kier alpha value is -3.75. The van der Waals surface area contributed by atoms with E-state index in [1.165, 1.54) is 12.4 Å². The Morgan fingerprint density at radius 2 is 1.64 bits per heavy atom. The van der Waals surface area contributed by atoms with Crippen molar-refractivity contribution in [2.24, 2.45) is 0 Å². The molecule has 0 saturated carbocycles. The molecular weight excluding hydrogens is 369 g/mol. The fourth-order valence-corrected chi connectivity index (χ4v) is 2.56. The minimum atomic E-state index is -4.52. The van der Waals surface area contributed by atoms with Crippen LogP contribution in [0.3, 0.4) is 0 Å². The number of rotatable bonds is 3. The van der Waals surface area contributed by atoms with Crippen molar-refractivity contribution in [1.29, 1.82) is 0 Å². The number of hydrogen-bond donors (Lipinski definition) is 0. The number of pyridine rings is 2. The first-order valence-electron chi connectivity index (χ1n) is 8.11. The second kappa shape index (κ2) is 7.10. The maximum absolute atomic E-state index is 12.8. The normalized spacial score (nSPS) is 11.4. The highest BCUT2D eigenvalue weighted by molar-refractivity contribution is 5.79. The lowest BCUT2D eigenvalue weighted by molar-refractivity contribution is -0.141. The van der Waals surface area contributed by atoms with E-state index in [1.807, 2.05) is 0 Å². The fraction of sp³-hybridized carbons (Fsp3) is 0.0526. The van der Waals surface area contributed by atoms with Gasteiger partial charge in [-0.25, -0.2) is 19.9 Å². The van der Waals surface area contributed by atoms with E-state index >= 15 is 0 Å². The molecule has 0 aliphatic heterocycles. The third-order valence-corrected chi connectivity index (χ3v) is 3.87. The number of halogens is 3. The Bertz CT molecular complexity index is 1080. The monoisotopic (exact) mass is 380 g/mol. The molecule has 0 aliphatic rings. The van der Waals surface area contributed by atoms with E-state index in [2.05, 4.69) is 29.9 Å². The van der Waals surface area contributed by atoms with Crippen molar-refractivity contribution in [3.8, 4) is 34.0 Å². The lowest BCUT2D eigenvalue weighted by Crippen LogP contribution is -2.07. The zero-order valence-electron chi connectivity index (χ0n) is 14.2. The van der Waals surface area contributed by atoms with Crippen molar-refractivity contribution in [2.75, 3.05) is 0 Å². The van der Waals surface area contributed by atoms with E-state index in [0.29, 0.717) is 34.0 Å². The van der Waals surface area contributed by atoms with Crippen LogP contribution >= 0.6 is 0 Å². The molecule has 4 aromatic rings. The van der Waals surface area contributed by atoms with Crippen molar-refractivity contribution < 1.29 is 13.2 Å². The molecule has 0 unspecified atom stereocenters. The molecule has 4 heterocycles. The van der Waals surface area contributed by atoms with Crippen LogP contribution in [0, 0.1) is 0 Å². The summed E-state index contributed by atoms with van der Waals surface area (Å²) in [7, 11) is 0. The molecule has 0 atom stereocenters. The number of aromatic nitrogens is 6. The molecular formula is C19H11F3N6. The minimum absolute atomic E-state index is 0.341. The van der Waals surface area contributed by atoms with Gasteiger partial charge in [0.05, 0.1) is 11.4 Å². The summed E-state index contributed by atoms with van der Waals surface area (Å²) in [5.41, 5.74) is 1.45. The van der Waals surface area contributed by atoms with Crippen LogP contribution in [0.1, 0.15) is 5.69 Å². The van der Waals surface area contributed by atoms with E-state index in [-0.39, 0.29) is 0 Å². The van der Waals surface area contributed by atoms with Crippen LogP contribution in [0.2, 0.25) is 0 Å². The second-order valence-electron chi connectivity index (χ2n) is 5.70. The quantitative estimate of drug-likeness (QED) is 0.533. The first-order valence-corrected chi connectivity index (χ1v) is 8.11. The van der Waals surface area contributed by atoms with Crippen LogP contribution in [0.15, 0.2) is 67.5 Å². The van der Waals surface area contributed by atoms with Gasteiger partial charge in [0.15, 0.2) is 5.82 Å². The summed E-state index contributed by atoms with van der Waals surface area (Å²) >= 11 is 0. The molecule has 0 fully saturated rings. The second-order valence-corrected chi connectivity index (χ2v) is 5.70. The third-order valence-electron chi connectivity index (χ3n) is 3.87. The van der Waals surface area contributed by atoms with Gasteiger partial charge in [0.25, 0.3) is 0 Å². The molecule has 138 valence electrons. The van der Waals surface area contributed by atoms with Crippen LogP contribution < -0.4 is 0 Å². The van der Waals surface area contributed by atoms with Gasteiger partial charge in [0.2, 0.25) is 0 Å². The standard InChI is InChI=1S/C19H11F3N6/c20-19(21,22)16-5-4-12(9-25-16)17-13(14-6-8-23-11-27-14)10-26-18(28-17)15-3-1-2-7-24-15/h1-11H. The maximum atomic E-state index is 12.8.